The van der Waals surface area contributed by atoms with Crippen molar-refractivity contribution in [3.05, 3.63) is 67.0 Å². The van der Waals surface area contributed by atoms with Crippen LogP contribution in [-0.4, -0.2) is 73.7 Å². The zero-order chi connectivity index (χ0) is 28.6. The number of nitrogens with one attached hydrogen (secondary N) is 1. The highest BCUT2D eigenvalue weighted by atomic mass is 16.5. The van der Waals surface area contributed by atoms with Gasteiger partial charge in [0.05, 0.1) is 48.8 Å². The van der Waals surface area contributed by atoms with Crippen molar-refractivity contribution in [2.24, 2.45) is 0 Å². The van der Waals surface area contributed by atoms with Gasteiger partial charge in [-0.3, -0.25) is 4.79 Å². The van der Waals surface area contributed by atoms with Crippen LogP contribution in [0.15, 0.2) is 61.3 Å². The summed E-state index contributed by atoms with van der Waals surface area (Å²) in [5.74, 6) is 1.14. The maximum Gasteiger partial charge on any atom is 0.227 e. The summed E-state index contributed by atoms with van der Waals surface area (Å²) in [6.07, 6.45) is 3.60. The maximum absolute atomic E-state index is 9.06. The largest absolute Gasteiger partial charge is 0.494 e. The van der Waals surface area contributed by atoms with Crippen molar-refractivity contribution in [3.63, 3.8) is 0 Å². The fourth-order valence-corrected chi connectivity index (χ4v) is 4.70. The van der Waals surface area contributed by atoms with Crippen LogP contribution in [0.4, 0.5) is 23.0 Å². The molecule has 10 heteroatoms. The van der Waals surface area contributed by atoms with Crippen molar-refractivity contribution in [3.8, 4) is 17.0 Å². The van der Waals surface area contributed by atoms with Crippen molar-refractivity contribution in [1.29, 1.82) is 0 Å². The quantitative estimate of drug-likeness (QED) is 0.181. The number of ether oxygens (including phenoxy) is 2. The van der Waals surface area contributed by atoms with Gasteiger partial charge in [0.25, 0.3) is 0 Å². The van der Waals surface area contributed by atoms with E-state index in [1.807, 2.05) is 25.2 Å². The molecule has 40 heavy (non-hydrogen) atoms. The van der Waals surface area contributed by atoms with Crippen molar-refractivity contribution in [2.75, 3.05) is 63.9 Å². The molecule has 0 unspecified atom stereocenters. The topological polar surface area (TPSA) is 111 Å². The van der Waals surface area contributed by atoms with Gasteiger partial charge in [0, 0.05) is 55.4 Å². The lowest BCUT2D eigenvalue weighted by molar-refractivity contribution is -0.104. The SMILES string of the molecule is C=CC=O.COc1cc(N(C)CCN(C)C)c(N)cc1Nc1nccc(-c2c3n(c4ccccc24)CCOC3)n1. The second kappa shape index (κ2) is 13.1. The highest BCUT2D eigenvalue weighted by molar-refractivity contribution is 5.97. The van der Waals surface area contributed by atoms with Crippen LogP contribution in [0.2, 0.25) is 0 Å². The zero-order valence-corrected chi connectivity index (χ0v) is 23.6. The first-order valence-electron chi connectivity index (χ1n) is 13.1. The van der Waals surface area contributed by atoms with E-state index in [9.17, 15) is 0 Å². The number of benzene rings is 2. The van der Waals surface area contributed by atoms with Crippen LogP contribution in [0.3, 0.4) is 0 Å². The number of carbonyl (C=O) groups is 1. The summed E-state index contributed by atoms with van der Waals surface area (Å²) >= 11 is 0. The lowest BCUT2D eigenvalue weighted by Gasteiger charge is -2.24. The molecule has 0 spiro atoms. The number of methoxy groups -OCH3 is 1. The highest BCUT2D eigenvalue weighted by Gasteiger charge is 2.22. The van der Waals surface area contributed by atoms with E-state index < -0.39 is 0 Å². The van der Waals surface area contributed by atoms with Crippen LogP contribution >= 0.6 is 0 Å². The lowest BCUT2D eigenvalue weighted by Crippen LogP contribution is -2.29. The Bertz CT molecular complexity index is 1480. The number of nitrogens with two attached hydrogens (primary N) is 1. The molecule has 0 amide bonds. The fourth-order valence-electron chi connectivity index (χ4n) is 4.70. The summed E-state index contributed by atoms with van der Waals surface area (Å²) in [6, 6.07) is 14.2. The number of hydrogen-bond acceptors (Lipinski definition) is 9. The highest BCUT2D eigenvalue weighted by Crippen LogP contribution is 2.38. The van der Waals surface area contributed by atoms with E-state index in [2.05, 4.69) is 69.6 Å². The van der Waals surface area contributed by atoms with Crippen LogP contribution in [0.25, 0.3) is 22.2 Å². The fraction of sp³-hybridized carbons (Fsp3) is 0.300. The van der Waals surface area contributed by atoms with Crippen molar-refractivity contribution >= 4 is 40.2 Å². The average molecular weight is 544 g/mol. The monoisotopic (exact) mass is 543 g/mol. The normalized spacial score (nSPS) is 12.3. The molecule has 0 fully saturated rings. The summed E-state index contributed by atoms with van der Waals surface area (Å²) in [5.41, 5.74) is 13.0. The maximum atomic E-state index is 9.06. The number of aromatic nitrogens is 3. The van der Waals surface area contributed by atoms with E-state index in [1.54, 1.807) is 13.3 Å². The number of anilines is 4. The van der Waals surface area contributed by atoms with Gasteiger partial charge >= 0.3 is 0 Å². The van der Waals surface area contributed by atoms with Crippen molar-refractivity contribution < 1.29 is 14.3 Å². The van der Waals surface area contributed by atoms with Gasteiger partial charge in [-0.15, -0.1) is 0 Å². The molecule has 3 N–H and O–H groups in total. The minimum Gasteiger partial charge on any atom is -0.494 e. The molecule has 10 nitrogen and oxygen atoms in total. The predicted octanol–water partition coefficient (Wildman–Crippen LogP) is 4.33. The number of allylic oxidation sites excluding steroid dienone is 1. The molecule has 4 aromatic rings. The number of likely N-dealkylation sites (N-methyl/N-ethyl adjacent to an activating group) is 2. The number of para-hydroxylation sites is 1. The molecule has 2 aromatic carbocycles. The minimum absolute atomic E-state index is 0.472. The van der Waals surface area contributed by atoms with E-state index in [4.69, 9.17) is 25.0 Å². The van der Waals surface area contributed by atoms with E-state index >= 15 is 0 Å². The Hall–Kier alpha value is -4.41. The van der Waals surface area contributed by atoms with Gasteiger partial charge < -0.3 is 34.9 Å². The predicted molar refractivity (Wildman–Crippen MR) is 161 cm³/mol. The Morgan fingerprint density at radius 3 is 2.70 bits per heavy atom. The van der Waals surface area contributed by atoms with Gasteiger partial charge in [-0.25, -0.2) is 9.97 Å². The van der Waals surface area contributed by atoms with Gasteiger partial charge in [0.15, 0.2) is 0 Å². The van der Waals surface area contributed by atoms with Gasteiger partial charge in [-0.1, -0.05) is 24.8 Å². The van der Waals surface area contributed by atoms with Gasteiger partial charge in [-0.2, -0.15) is 0 Å². The lowest BCUT2D eigenvalue weighted by atomic mass is 10.1. The average Bonchev–Trinajstić information content (AvgIpc) is 3.31. The van der Waals surface area contributed by atoms with Crippen LogP contribution in [-0.2, 0) is 22.7 Å². The molecular formula is C30H37N7O3. The molecule has 0 saturated carbocycles. The molecule has 5 rings (SSSR count). The Morgan fingerprint density at radius 1 is 1.20 bits per heavy atom. The van der Waals surface area contributed by atoms with Crippen LogP contribution in [0.1, 0.15) is 5.69 Å². The summed E-state index contributed by atoms with van der Waals surface area (Å²) in [5, 5.41) is 4.48. The van der Waals surface area contributed by atoms with Gasteiger partial charge in [-0.05, 0) is 38.4 Å². The molecule has 0 radical (unpaired) electrons. The Labute approximate surface area is 235 Å². The molecule has 0 atom stereocenters. The molecule has 1 aliphatic rings. The molecule has 0 aliphatic carbocycles. The Kier molecular flexibility index (Phi) is 9.36. The molecule has 210 valence electrons. The van der Waals surface area contributed by atoms with Crippen LogP contribution < -0.4 is 20.7 Å². The van der Waals surface area contributed by atoms with E-state index in [-0.39, 0.29) is 0 Å². The molecule has 1 aliphatic heterocycles. The minimum atomic E-state index is 0.472. The summed E-state index contributed by atoms with van der Waals surface area (Å²) in [7, 11) is 7.79. The van der Waals surface area contributed by atoms with E-state index in [1.165, 1.54) is 11.6 Å². The summed E-state index contributed by atoms with van der Waals surface area (Å²) in [6.45, 7) is 6.98. The first kappa shape index (κ1) is 28.6. The first-order valence-corrected chi connectivity index (χ1v) is 13.1. The third-order valence-corrected chi connectivity index (χ3v) is 6.67. The molecule has 0 saturated heterocycles. The number of nitrogens with zero attached hydrogens (tertiary/aromatic N) is 5. The molecular weight excluding hydrogens is 506 g/mol. The van der Waals surface area contributed by atoms with Crippen molar-refractivity contribution in [1.82, 2.24) is 19.4 Å². The van der Waals surface area contributed by atoms with E-state index in [0.29, 0.717) is 42.6 Å². The zero-order valence-electron chi connectivity index (χ0n) is 23.6. The molecule has 0 bridgehead atoms. The number of fused-ring (bicyclic) bond motifs is 3. The van der Waals surface area contributed by atoms with Gasteiger partial charge in [0.2, 0.25) is 5.95 Å². The second-order valence-corrected chi connectivity index (χ2v) is 9.64. The van der Waals surface area contributed by atoms with E-state index in [0.717, 1.165) is 47.7 Å². The number of aldehydes is 1. The Morgan fingerprint density at radius 2 is 1.98 bits per heavy atom. The third kappa shape index (κ3) is 6.24. The van der Waals surface area contributed by atoms with Gasteiger partial charge in [0.1, 0.15) is 12.0 Å². The number of nitrogen functional groups attached to an aromatic ring is 1. The summed E-state index contributed by atoms with van der Waals surface area (Å²) in [4.78, 5) is 22.7. The summed E-state index contributed by atoms with van der Waals surface area (Å²) < 4.78 is 13.8. The first-order chi connectivity index (χ1) is 19.4. The standard InChI is InChI=1S/C27H33N7O2.C3H4O/c1-32(2)11-12-33(3)23-16-25(35-4)21(15-19(23)28)31-27-29-10-9-20(30-27)26-18-7-5-6-8-22(18)34-13-14-36-17-24(26)34;1-2-3-4/h5-10,15-16H,11-14,17,28H2,1-4H3,(H,29,30,31);2-3H,1H2. The smallest absolute Gasteiger partial charge is 0.227 e. The number of rotatable bonds is 9. The second-order valence-electron chi connectivity index (χ2n) is 9.64. The Balaban J connectivity index is 0.000000867. The van der Waals surface area contributed by atoms with Crippen LogP contribution in [0, 0.1) is 0 Å². The molecule has 3 heterocycles. The van der Waals surface area contributed by atoms with Crippen molar-refractivity contribution in [2.45, 2.75) is 13.2 Å². The van der Waals surface area contributed by atoms with Crippen LogP contribution in [0.5, 0.6) is 5.75 Å². The number of hydrogen-bond donors (Lipinski definition) is 2. The number of carbonyl (C=O) groups excluding carboxylic acids is 1. The third-order valence-electron chi connectivity index (χ3n) is 6.67. The molecule has 2 aromatic heterocycles.